The maximum Gasteiger partial charge on any atom is 0.191 e. The zero-order valence-electron chi connectivity index (χ0n) is 18.8. The molecule has 2 fully saturated rings. The van der Waals surface area contributed by atoms with Gasteiger partial charge in [-0.2, -0.15) is 0 Å². The van der Waals surface area contributed by atoms with Crippen molar-refractivity contribution in [1.82, 2.24) is 20.4 Å². The number of aliphatic imine (C=N–C) groups is 1. The molecular formula is C22H39N5O2S. The fraction of sp³-hybridized carbons (Fsp3) is 0.773. The number of guanidine groups is 1. The molecule has 0 aromatic carbocycles. The second-order valence-corrected chi connectivity index (χ2v) is 9.78. The number of aliphatic hydroxyl groups is 1. The lowest BCUT2D eigenvalue weighted by atomic mass is 9.88. The number of rotatable bonds is 8. The monoisotopic (exact) mass is 437 g/mol. The molecule has 0 radical (unpaired) electrons. The molecule has 8 heteroatoms. The van der Waals surface area contributed by atoms with Crippen molar-refractivity contribution >= 4 is 17.3 Å². The van der Waals surface area contributed by atoms with Crippen LogP contribution in [0.25, 0.3) is 0 Å². The first-order chi connectivity index (χ1) is 14.5. The topological polar surface area (TPSA) is 72.4 Å². The average molecular weight is 438 g/mol. The Labute approximate surface area is 185 Å². The van der Waals surface area contributed by atoms with E-state index in [1.807, 2.05) is 18.3 Å². The van der Waals surface area contributed by atoms with E-state index in [1.54, 1.807) is 0 Å². The third kappa shape index (κ3) is 6.92. The molecule has 0 aliphatic carbocycles. The summed E-state index contributed by atoms with van der Waals surface area (Å²) in [6.45, 7) is 11.0. The van der Waals surface area contributed by atoms with Crippen molar-refractivity contribution in [3.63, 3.8) is 0 Å². The highest BCUT2D eigenvalue weighted by molar-refractivity contribution is 7.10. The minimum atomic E-state index is -0.857. The Kier molecular flexibility index (Phi) is 8.95. The third-order valence-electron chi connectivity index (χ3n) is 5.96. The van der Waals surface area contributed by atoms with Crippen LogP contribution in [0, 0.1) is 5.92 Å². The minimum Gasteiger partial charge on any atom is -0.387 e. The van der Waals surface area contributed by atoms with Crippen molar-refractivity contribution < 1.29 is 9.84 Å². The van der Waals surface area contributed by atoms with E-state index in [-0.39, 0.29) is 0 Å². The van der Waals surface area contributed by atoms with Gasteiger partial charge in [-0.25, -0.2) is 0 Å². The first-order valence-corrected chi connectivity index (χ1v) is 12.1. The lowest BCUT2D eigenvalue weighted by Gasteiger charge is -2.39. The van der Waals surface area contributed by atoms with Crippen molar-refractivity contribution in [2.24, 2.45) is 10.9 Å². The number of nitrogens with one attached hydrogen (secondary N) is 2. The zero-order valence-corrected chi connectivity index (χ0v) is 19.6. The first kappa shape index (κ1) is 23.5. The number of thiophene rings is 1. The summed E-state index contributed by atoms with van der Waals surface area (Å²) in [6.07, 6.45) is 2.45. The standard InChI is InChI=1S/C22H39N5O2S/c1-4-23-21(25-16-22(2,28)17-27-10-12-29-13-11-27)24-15-18-7-5-9-26(3)20(18)19-8-6-14-30-19/h6,8,14,18,20,28H,4-5,7,9-13,15-17H2,1-3H3,(H2,23,24,25). The van der Waals surface area contributed by atoms with Gasteiger partial charge in [0.2, 0.25) is 0 Å². The highest BCUT2D eigenvalue weighted by Gasteiger charge is 2.31. The average Bonchev–Trinajstić information content (AvgIpc) is 3.25. The fourth-order valence-corrected chi connectivity index (χ4v) is 5.48. The Hall–Kier alpha value is -1.19. The van der Waals surface area contributed by atoms with Gasteiger partial charge in [-0.05, 0) is 57.6 Å². The van der Waals surface area contributed by atoms with E-state index in [4.69, 9.17) is 9.73 Å². The van der Waals surface area contributed by atoms with E-state index in [0.29, 0.717) is 25.0 Å². The van der Waals surface area contributed by atoms with Gasteiger partial charge < -0.3 is 20.5 Å². The van der Waals surface area contributed by atoms with Gasteiger partial charge in [-0.3, -0.25) is 14.8 Å². The Morgan fingerprint density at radius 3 is 2.83 bits per heavy atom. The van der Waals surface area contributed by atoms with Crippen LogP contribution in [0.1, 0.15) is 37.6 Å². The van der Waals surface area contributed by atoms with E-state index >= 15 is 0 Å². The second-order valence-electron chi connectivity index (χ2n) is 8.80. The van der Waals surface area contributed by atoms with Crippen molar-refractivity contribution in [2.75, 3.05) is 66.1 Å². The molecule has 3 atom stereocenters. The van der Waals surface area contributed by atoms with Crippen LogP contribution in [0.5, 0.6) is 0 Å². The van der Waals surface area contributed by atoms with Gasteiger partial charge in [0.15, 0.2) is 5.96 Å². The molecule has 3 unspecified atom stereocenters. The molecule has 2 saturated heterocycles. The van der Waals surface area contributed by atoms with Crippen molar-refractivity contribution in [3.05, 3.63) is 22.4 Å². The number of hydrogen-bond acceptors (Lipinski definition) is 6. The number of β-amino-alcohol motifs (C(OH)–C–C–N with tert-alkyl or cyclic N) is 1. The van der Waals surface area contributed by atoms with E-state index in [2.05, 4.69) is 51.9 Å². The summed E-state index contributed by atoms with van der Waals surface area (Å²) in [4.78, 5) is 10.9. The van der Waals surface area contributed by atoms with Gasteiger partial charge >= 0.3 is 0 Å². The molecule has 3 heterocycles. The zero-order chi connectivity index (χ0) is 21.4. The predicted molar refractivity (Wildman–Crippen MR) is 124 cm³/mol. The summed E-state index contributed by atoms with van der Waals surface area (Å²) < 4.78 is 5.40. The van der Waals surface area contributed by atoms with Gasteiger partial charge in [-0.1, -0.05) is 6.07 Å². The van der Waals surface area contributed by atoms with Crippen LogP contribution in [0.15, 0.2) is 22.5 Å². The molecule has 2 aliphatic rings. The number of hydrogen-bond donors (Lipinski definition) is 3. The summed E-state index contributed by atoms with van der Waals surface area (Å²) in [5.74, 6) is 1.33. The van der Waals surface area contributed by atoms with Gasteiger partial charge in [0, 0.05) is 43.6 Å². The smallest absolute Gasteiger partial charge is 0.191 e. The summed E-state index contributed by atoms with van der Waals surface area (Å²) in [5, 5.41) is 19.9. The van der Waals surface area contributed by atoms with E-state index in [9.17, 15) is 5.11 Å². The van der Waals surface area contributed by atoms with Gasteiger partial charge in [0.05, 0.1) is 25.4 Å². The van der Waals surface area contributed by atoms with Crippen LogP contribution < -0.4 is 10.6 Å². The molecule has 1 aromatic rings. The molecule has 3 rings (SSSR count). The Balaban J connectivity index is 1.57. The summed E-state index contributed by atoms with van der Waals surface area (Å²) >= 11 is 1.85. The molecule has 0 bridgehead atoms. The van der Waals surface area contributed by atoms with Crippen LogP contribution in [-0.4, -0.2) is 92.5 Å². The quantitative estimate of drug-likeness (QED) is 0.425. The molecule has 7 nitrogen and oxygen atoms in total. The fourth-order valence-electron chi connectivity index (χ4n) is 4.49. The normalized spacial score (nSPS) is 26.3. The summed E-state index contributed by atoms with van der Waals surface area (Å²) in [7, 11) is 2.23. The Morgan fingerprint density at radius 2 is 2.13 bits per heavy atom. The van der Waals surface area contributed by atoms with Crippen LogP contribution >= 0.6 is 11.3 Å². The van der Waals surface area contributed by atoms with Crippen molar-refractivity contribution in [1.29, 1.82) is 0 Å². The minimum absolute atomic E-state index is 0.374. The van der Waals surface area contributed by atoms with Crippen molar-refractivity contribution in [3.8, 4) is 0 Å². The molecule has 0 amide bonds. The maximum atomic E-state index is 10.9. The molecule has 2 aliphatic heterocycles. The van der Waals surface area contributed by atoms with E-state index in [0.717, 1.165) is 51.9 Å². The lowest BCUT2D eigenvalue weighted by Crippen LogP contribution is -2.48. The molecule has 170 valence electrons. The SMILES string of the molecule is CCNC(=NCC(C)(O)CN1CCOCC1)NCC1CCCN(C)C1c1cccs1. The lowest BCUT2D eigenvalue weighted by molar-refractivity contribution is -0.0180. The first-order valence-electron chi connectivity index (χ1n) is 11.3. The summed E-state index contributed by atoms with van der Waals surface area (Å²) in [5.41, 5.74) is -0.857. The van der Waals surface area contributed by atoms with E-state index in [1.165, 1.54) is 17.7 Å². The molecule has 30 heavy (non-hydrogen) atoms. The Bertz CT molecular complexity index is 646. The second kappa shape index (κ2) is 11.4. The summed E-state index contributed by atoms with van der Waals surface area (Å²) in [6, 6.07) is 4.86. The largest absolute Gasteiger partial charge is 0.387 e. The number of nitrogens with zero attached hydrogens (tertiary/aromatic N) is 3. The van der Waals surface area contributed by atoms with Crippen LogP contribution in [0.2, 0.25) is 0 Å². The van der Waals surface area contributed by atoms with Gasteiger partial charge in [0.1, 0.15) is 0 Å². The number of piperidine rings is 1. The molecular weight excluding hydrogens is 398 g/mol. The number of morpholine rings is 1. The highest BCUT2D eigenvalue weighted by atomic mass is 32.1. The van der Waals surface area contributed by atoms with Crippen LogP contribution in [-0.2, 0) is 4.74 Å². The van der Waals surface area contributed by atoms with E-state index < -0.39 is 5.60 Å². The van der Waals surface area contributed by atoms with Crippen molar-refractivity contribution in [2.45, 2.75) is 38.3 Å². The number of likely N-dealkylation sites (tertiary alicyclic amines) is 1. The molecule has 3 N–H and O–H groups in total. The Morgan fingerprint density at radius 1 is 1.33 bits per heavy atom. The van der Waals surface area contributed by atoms with Gasteiger partial charge in [0.25, 0.3) is 0 Å². The molecule has 1 aromatic heterocycles. The highest BCUT2D eigenvalue weighted by Crippen LogP contribution is 2.36. The third-order valence-corrected chi connectivity index (χ3v) is 6.91. The molecule has 0 saturated carbocycles. The van der Waals surface area contributed by atoms with Crippen LogP contribution in [0.4, 0.5) is 0 Å². The number of ether oxygens (including phenoxy) is 1. The van der Waals surface area contributed by atoms with Crippen LogP contribution in [0.3, 0.4) is 0 Å². The predicted octanol–water partition coefficient (Wildman–Crippen LogP) is 1.77. The maximum absolute atomic E-state index is 10.9. The van der Waals surface area contributed by atoms with Gasteiger partial charge in [-0.15, -0.1) is 11.3 Å². The molecule has 0 spiro atoms.